The Bertz CT molecular complexity index is 1030. The van der Waals surface area contributed by atoms with E-state index in [0.29, 0.717) is 11.3 Å². The molecule has 6 nitrogen and oxygen atoms in total. The molecule has 0 saturated heterocycles. The zero-order chi connectivity index (χ0) is 21.5. The van der Waals surface area contributed by atoms with E-state index in [-0.39, 0.29) is 18.4 Å². The lowest BCUT2D eigenvalue weighted by atomic mass is 10.1. The van der Waals surface area contributed by atoms with E-state index in [2.05, 4.69) is 16.0 Å². The number of amides is 2. The van der Waals surface area contributed by atoms with Gasteiger partial charge in [0.15, 0.2) is 0 Å². The average Bonchev–Trinajstić information content (AvgIpc) is 2.76. The van der Waals surface area contributed by atoms with E-state index in [1.807, 2.05) is 32.0 Å². The minimum absolute atomic E-state index is 0.129. The zero-order valence-corrected chi connectivity index (χ0v) is 17.3. The molecule has 3 N–H and O–H groups in total. The summed E-state index contributed by atoms with van der Waals surface area (Å²) in [5.41, 5.74) is 5.05. The molecule has 0 saturated carbocycles. The van der Waals surface area contributed by atoms with Crippen LogP contribution in [0.3, 0.4) is 0 Å². The molecule has 154 valence electrons. The Morgan fingerprint density at radius 3 is 2.03 bits per heavy atom. The number of carbonyl (C=O) groups is 2. The molecule has 0 unspecified atom stereocenters. The number of benzene rings is 3. The topological polar surface area (TPSA) is 79.5 Å². The van der Waals surface area contributed by atoms with Crippen molar-refractivity contribution in [1.29, 1.82) is 0 Å². The number of rotatable bonds is 7. The number of methoxy groups -OCH3 is 1. The maximum Gasteiger partial charge on any atom is 0.255 e. The van der Waals surface area contributed by atoms with E-state index >= 15 is 0 Å². The van der Waals surface area contributed by atoms with E-state index in [1.165, 1.54) is 5.56 Å². The second-order valence-electron chi connectivity index (χ2n) is 6.96. The highest BCUT2D eigenvalue weighted by Gasteiger charge is 2.07. The molecule has 3 rings (SSSR count). The zero-order valence-electron chi connectivity index (χ0n) is 17.3. The van der Waals surface area contributed by atoms with Crippen molar-refractivity contribution in [2.75, 3.05) is 29.6 Å². The second-order valence-corrected chi connectivity index (χ2v) is 6.96. The lowest BCUT2D eigenvalue weighted by molar-refractivity contribution is -0.114. The third-order valence-electron chi connectivity index (χ3n) is 4.74. The molecule has 0 aliphatic carbocycles. The molecule has 0 radical (unpaired) electrons. The number of hydrogen-bond acceptors (Lipinski definition) is 4. The molecule has 3 aromatic rings. The Hall–Kier alpha value is -3.80. The van der Waals surface area contributed by atoms with Gasteiger partial charge in [0.1, 0.15) is 5.75 Å². The van der Waals surface area contributed by atoms with Crippen molar-refractivity contribution in [2.45, 2.75) is 13.8 Å². The molecule has 6 heteroatoms. The van der Waals surface area contributed by atoms with Crippen LogP contribution in [0.4, 0.5) is 17.1 Å². The summed E-state index contributed by atoms with van der Waals surface area (Å²) in [5, 5.41) is 8.77. The number of carbonyl (C=O) groups excluding carboxylic acids is 2. The molecule has 2 amide bonds. The Labute approximate surface area is 176 Å². The number of ether oxygens (including phenoxy) is 1. The van der Waals surface area contributed by atoms with E-state index in [1.54, 1.807) is 55.6 Å². The van der Waals surface area contributed by atoms with Gasteiger partial charge in [0.2, 0.25) is 5.91 Å². The number of nitrogens with one attached hydrogen (secondary N) is 3. The molecule has 0 atom stereocenters. The standard InChI is InChI=1S/C24H25N3O3/c1-16-4-7-21(14-17(16)2)26-23(28)15-25-19-8-5-18(6-9-19)24(29)27-20-10-12-22(30-3)13-11-20/h4-14,25H,15H2,1-3H3,(H,26,28)(H,27,29). The average molecular weight is 403 g/mol. The van der Waals surface area contributed by atoms with Crippen molar-refractivity contribution >= 4 is 28.9 Å². The van der Waals surface area contributed by atoms with Crippen LogP contribution in [0.1, 0.15) is 21.5 Å². The molecule has 30 heavy (non-hydrogen) atoms. The lowest BCUT2D eigenvalue weighted by Crippen LogP contribution is -2.21. The van der Waals surface area contributed by atoms with Crippen molar-refractivity contribution in [2.24, 2.45) is 0 Å². The molecular formula is C24H25N3O3. The van der Waals surface area contributed by atoms with Crippen LogP contribution in [-0.4, -0.2) is 25.5 Å². The summed E-state index contributed by atoms with van der Waals surface area (Å²) in [4.78, 5) is 24.5. The SMILES string of the molecule is COc1ccc(NC(=O)c2ccc(NCC(=O)Nc3ccc(C)c(C)c3)cc2)cc1. The van der Waals surface area contributed by atoms with Gasteiger partial charge in [-0.3, -0.25) is 9.59 Å². The van der Waals surface area contributed by atoms with Gasteiger partial charge < -0.3 is 20.7 Å². The number of anilines is 3. The summed E-state index contributed by atoms with van der Waals surface area (Å²) in [6.07, 6.45) is 0. The van der Waals surface area contributed by atoms with E-state index < -0.39 is 0 Å². The summed E-state index contributed by atoms with van der Waals surface area (Å²) in [5.74, 6) is 0.378. The molecule has 0 aromatic heterocycles. The van der Waals surface area contributed by atoms with Gasteiger partial charge in [-0.1, -0.05) is 6.07 Å². The van der Waals surface area contributed by atoms with Gasteiger partial charge >= 0.3 is 0 Å². The quantitative estimate of drug-likeness (QED) is 0.538. The van der Waals surface area contributed by atoms with Crippen LogP contribution in [-0.2, 0) is 4.79 Å². The second kappa shape index (κ2) is 9.60. The largest absolute Gasteiger partial charge is 0.497 e. The van der Waals surface area contributed by atoms with Gasteiger partial charge in [-0.25, -0.2) is 0 Å². The summed E-state index contributed by atoms with van der Waals surface area (Å²) < 4.78 is 5.11. The molecule has 3 aromatic carbocycles. The molecule has 0 heterocycles. The van der Waals surface area contributed by atoms with Crippen LogP contribution in [0.5, 0.6) is 5.75 Å². The first-order chi connectivity index (χ1) is 14.4. The van der Waals surface area contributed by atoms with Crippen molar-refractivity contribution in [3.8, 4) is 5.75 Å². The fraction of sp³-hybridized carbons (Fsp3) is 0.167. The molecule has 0 fully saturated rings. The van der Waals surface area contributed by atoms with Crippen LogP contribution in [0.15, 0.2) is 66.7 Å². The van der Waals surface area contributed by atoms with Gasteiger partial charge in [-0.15, -0.1) is 0 Å². The van der Waals surface area contributed by atoms with Gasteiger partial charge in [0, 0.05) is 22.6 Å². The van der Waals surface area contributed by atoms with Crippen LogP contribution in [0, 0.1) is 13.8 Å². The fourth-order valence-corrected chi connectivity index (χ4v) is 2.82. The Morgan fingerprint density at radius 1 is 0.767 bits per heavy atom. The van der Waals surface area contributed by atoms with Crippen molar-refractivity contribution in [3.05, 3.63) is 83.4 Å². The first kappa shape index (κ1) is 20.9. The molecule has 0 aliphatic rings. The Kier molecular flexibility index (Phi) is 6.70. The van der Waals surface area contributed by atoms with E-state index in [4.69, 9.17) is 4.74 Å². The first-order valence-electron chi connectivity index (χ1n) is 9.61. The van der Waals surface area contributed by atoms with Gasteiger partial charge in [0.05, 0.1) is 13.7 Å². The van der Waals surface area contributed by atoms with Gasteiger partial charge in [-0.05, 0) is 85.6 Å². The molecule has 0 bridgehead atoms. The summed E-state index contributed by atoms with van der Waals surface area (Å²) in [6, 6.07) is 19.9. The lowest BCUT2D eigenvalue weighted by Gasteiger charge is -2.10. The third-order valence-corrected chi connectivity index (χ3v) is 4.74. The third kappa shape index (κ3) is 5.61. The van der Waals surface area contributed by atoms with Crippen molar-refractivity contribution in [3.63, 3.8) is 0 Å². The van der Waals surface area contributed by atoms with Gasteiger partial charge in [0.25, 0.3) is 5.91 Å². The first-order valence-corrected chi connectivity index (χ1v) is 9.61. The van der Waals surface area contributed by atoms with Gasteiger partial charge in [-0.2, -0.15) is 0 Å². The van der Waals surface area contributed by atoms with E-state index in [9.17, 15) is 9.59 Å². The fourth-order valence-electron chi connectivity index (χ4n) is 2.82. The highest BCUT2D eigenvalue weighted by molar-refractivity contribution is 6.04. The smallest absolute Gasteiger partial charge is 0.255 e. The van der Waals surface area contributed by atoms with Crippen molar-refractivity contribution in [1.82, 2.24) is 0 Å². The minimum atomic E-state index is -0.209. The van der Waals surface area contributed by atoms with Crippen LogP contribution < -0.4 is 20.7 Å². The summed E-state index contributed by atoms with van der Waals surface area (Å²) >= 11 is 0. The highest BCUT2D eigenvalue weighted by Crippen LogP contribution is 2.17. The predicted octanol–water partition coefficient (Wildman–Crippen LogP) is 4.61. The normalized spacial score (nSPS) is 10.2. The predicted molar refractivity (Wildman–Crippen MR) is 120 cm³/mol. The minimum Gasteiger partial charge on any atom is -0.497 e. The maximum atomic E-state index is 12.4. The van der Waals surface area contributed by atoms with Crippen LogP contribution in [0.2, 0.25) is 0 Å². The summed E-state index contributed by atoms with van der Waals surface area (Å²) in [7, 11) is 1.59. The van der Waals surface area contributed by atoms with E-state index in [0.717, 1.165) is 22.7 Å². The molecular weight excluding hydrogens is 378 g/mol. The Balaban J connectivity index is 1.51. The molecule has 0 spiro atoms. The van der Waals surface area contributed by atoms with Crippen LogP contribution >= 0.6 is 0 Å². The number of hydrogen-bond donors (Lipinski definition) is 3. The monoisotopic (exact) mass is 403 g/mol. The molecule has 0 aliphatic heterocycles. The maximum absolute atomic E-state index is 12.4. The van der Waals surface area contributed by atoms with Crippen molar-refractivity contribution < 1.29 is 14.3 Å². The number of aryl methyl sites for hydroxylation is 2. The summed E-state index contributed by atoms with van der Waals surface area (Å²) in [6.45, 7) is 4.17. The highest BCUT2D eigenvalue weighted by atomic mass is 16.5. The van der Waals surface area contributed by atoms with Crippen LogP contribution in [0.25, 0.3) is 0 Å². The Morgan fingerprint density at radius 2 is 1.40 bits per heavy atom.